The van der Waals surface area contributed by atoms with Crippen molar-refractivity contribution in [3.63, 3.8) is 0 Å². The lowest BCUT2D eigenvalue weighted by Crippen LogP contribution is -2.27. The van der Waals surface area contributed by atoms with Crippen molar-refractivity contribution in [2.45, 2.75) is 25.4 Å². The molecule has 2 radical (unpaired) electrons. The van der Waals surface area contributed by atoms with E-state index in [1.165, 1.54) is 0 Å². The molecule has 4 N–H and O–H groups in total. The number of nitrogens with two attached hydrogens (primary N) is 2. The molecule has 2 atom stereocenters. The van der Waals surface area contributed by atoms with E-state index in [1.54, 1.807) is 0 Å². The summed E-state index contributed by atoms with van der Waals surface area (Å²) in [5.41, 5.74) is 0. The lowest BCUT2D eigenvalue weighted by Gasteiger charge is -2.13. The van der Waals surface area contributed by atoms with Gasteiger partial charge in [0.05, 0.1) is 12.2 Å². The molecule has 0 aliphatic carbocycles. The molecular weight excluding hydrogens is 386 g/mol. The molecule has 1 rings (SSSR count). The van der Waals surface area contributed by atoms with Crippen molar-refractivity contribution in [2.75, 3.05) is 8.86 Å². The third-order valence-electron chi connectivity index (χ3n) is 1.63. The Labute approximate surface area is 93.9 Å². The van der Waals surface area contributed by atoms with Crippen LogP contribution in [0.15, 0.2) is 0 Å². The van der Waals surface area contributed by atoms with Gasteiger partial charge in [0.1, 0.15) is 0 Å². The molecule has 1 saturated heterocycles. The molecule has 1 aliphatic heterocycles. The van der Waals surface area contributed by atoms with Gasteiger partial charge in [-0.1, -0.05) is 43.0 Å². The van der Waals surface area contributed by atoms with Crippen molar-refractivity contribution in [1.29, 1.82) is 0 Å². The lowest BCUT2D eigenvalue weighted by molar-refractivity contribution is -0.0455. The molecule has 12 heavy (non-hydrogen) atoms. The second-order valence-electron chi connectivity index (χ2n) is 2.53. The summed E-state index contributed by atoms with van der Waals surface area (Å²) in [7, 11) is 0. The zero-order valence-corrected chi connectivity index (χ0v) is 11.2. The van der Waals surface area contributed by atoms with E-state index in [-0.39, 0.29) is 61.5 Å². The molecule has 0 bridgehead atoms. The third kappa shape index (κ3) is 3.22. The van der Waals surface area contributed by atoms with Crippen LogP contribution in [-0.4, -0.2) is 27.4 Å². The summed E-state index contributed by atoms with van der Waals surface area (Å²) in [6.07, 6.45) is 0.383. The first-order valence-corrected chi connectivity index (χ1v) is 9.18. The van der Waals surface area contributed by atoms with Crippen LogP contribution in [0, 0.1) is 0 Å². The molecule has 0 aromatic heterocycles. The molecule has 0 unspecified atom stereocenters. The van der Waals surface area contributed by atoms with Gasteiger partial charge in [-0.25, -0.2) is 0 Å². The predicted molar refractivity (Wildman–Crippen MR) is 65.4 cm³/mol. The van der Waals surface area contributed by atoms with Crippen LogP contribution in [0.3, 0.4) is 0 Å². The topological polar surface area (TPSA) is 70.5 Å². The maximum Gasteiger partial charge on any atom is 0.155 e. The van der Waals surface area contributed by atoms with Crippen molar-refractivity contribution in [2.24, 2.45) is 7.89 Å². The van der Waals surface area contributed by atoms with Crippen LogP contribution in [0.5, 0.6) is 0 Å². The molecule has 1 fully saturated rings. The average molecular weight is 400 g/mol. The first kappa shape index (κ1) is 11.4. The fraction of sp³-hybridized carbons (Fsp3) is 1.00. The molecule has 0 aromatic carbocycles. The van der Waals surface area contributed by atoms with Gasteiger partial charge < -0.3 is 9.47 Å². The number of halogens is 2. The van der Waals surface area contributed by atoms with Crippen molar-refractivity contribution >= 4 is 43.0 Å². The van der Waals surface area contributed by atoms with Crippen LogP contribution in [0.2, 0.25) is 0 Å². The smallest absolute Gasteiger partial charge is 0.155 e. The van der Waals surface area contributed by atoms with Crippen molar-refractivity contribution in [3.8, 4) is 0 Å². The highest BCUT2D eigenvalue weighted by molar-refractivity contribution is 14.2. The molecule has 0 saturated carbocycles. The Morgan fingerprint density at radius 2 is 1.50 bits per heavy atom. The molecule has 1 heterocycles. The SMILES string of the molecule is CC1O[C@@H](C[I]N)[C@H](C[I]N)O1. The normalized spacial score (nSPS) is 31.2. The van der Waals surface area contributed by atoms with Gasteiger partial charge in [-0.15, -0.1) is 0 Å². The van der Waals surface area contributed by atoms with Crippen LogP contribution < -0.4 is 7.89 Å². The van der Waals surface area contributed by atoms with Crippen LogP contribution >= 0.6 is 43.0 Å². The van der Waals surface area contributed by atoms with E-state index in [9.17, 15) is 0 Å². The summed E-state index contributed by atoms with van der Waals surface area (Å²) in [5, 5.41) is 0. The van der Waals surface area contributed by atoms with Crippen LogP contribution in [0.4, 0.5) is 0 Å². The zero-order chi connectivity index (χ0) is 8.97. The van der Waals surface area contributed by atoms with Gasteiger partial charge in [0, 0.05) is 8.86 Å². The van der Waals surface area contributed by atoms with Gasteiger partial charge in [-0.3, -0.25) is 7.89 Å². The minimum atomic E-state index is -0.197. The first-order valence-electron chi connectivity index (χ1n) is 3.64. The fourth-order valence-corrected chi connectivity index (χ4v) is 3.70. The summed E-state index contributed by atoms with van der Waals surface area (Å²) in [5.74, 6) is 0. The summed E-state index contributed by atoms with van der Waals surface area (Å²) in [4.78, 5) is 0. The van der Waals surface area contributed by atoms with E-state index >= 15 is 0 Å². The average Bonchev–Trinajstić information content (AvgIpc) is 2.33. The molecule has 0 aromatic rings. The van der Waals surface area contributed by atoms with Gasteiger partial charge in [0.15, 0.2) is 6.29 Å². The molecule has 0 spiro atoms. The molecular formula is C6H14I2N2O2. The van der Waals surface area contributed by atoms with Gasteiger partial charge in [-0.2, -0.15) is 0 Å². The molecule has 74 valence electrons. The maximum atomic E-state index is 5.56. The Balaban J connectivity index is 2.36. The summed E-state index contributed by atoms with van der Waals surface area (Å²) in [6.45, 7) is 1.93. The Morgan fingerprint density at radius 1 is 1.08 bits per heavy atom. The first-order chi connectivity index (χ1) is 5.77. The Bertz CT molecular complexity index is 125. The van der Waals surface area contributed by atoms with E-state index < -0.39 is 0 Å². The van der Waals surface area contributed by atoms with Gasteiger partial charge in [0.2, 0.25) is 0 Å². The zero-order valence-electron chi connectivity index (χ0n) is 6.87. The summed E-state index contributed by atoms with van der Waals surface area (Å²) in [6, 6.07) is 0. The number of hydrogen-bond donors (Lipinski definition) is 2. The van der Waals surface area contributed by atoms with Crippen molar-refractivity contribution < 1.29 is 9.47 Å². The van der Waals surface area contributed by atoms with Gasteiger partial charge >= 0.3 is 0 Å². The predicted octanol–water partition coefficient (Wildman–Crippen LogP) is 0.805. The summed E-state index contributed by atoms with van der Waals surface area (Å²) >= 11 is -0.394. The minimum Gasteiger partial charge on any atom is -0.346 e. The Kier molecular flexibility index (Phi) is 5.60. The van der Waals surface area contributed by atoms with Crippen LogP contribution in [-0.2, 0) is 9.47 Å². The molecule has 1 aliphatic rings. The van der Waals surface area contributed by atoms with Gasteiger partial charge in [0.25, 0.3) is 0 Å². The number of hydrogen-bond acceptors (Lipinski definition) is 4. The monoisotopic (exact) mass is 400 g/mol. The van der Waals surface area contributed by atoms with Crippen molar-refractivity contribution in [3.05, 3.63) is 0 Å². The quantitative estimate of drug-likeness (QED) is 0.417. The van der Waals surface area contributed by atoms with Crippen molar-refractivity contribution in [1.82, 2.24) is 0 Å². The molecule has 6 heteroatoms. The third-order valence-corrected chi connectivity index (χ3v) is 4.38. The second kappa shape index (κ2) is 5.91. The van der Waals surface area contributed by atoms with Crippen LogP contribution in [0.1, 0.15) is 6.92 Å². The summed E-state index contributed by atoms with van der Waals surface area (Å²) < 4.78 is 24.2. The van der Waals surface area contributed by atoms with E-state index in [0.717, 1.165) is 8.86 Å². The molecule has 0 amide bonds. The Morgan fingerprint density at radius 3 is 1.83 bits per heavy atom. The minimum absolute atomic E-state index is 0.0638. The number of ether oxygens (including phenoxy) is 2. The Hall–Kier alpha value is 1.30. The number of rotatable bonds is 4. The highest BCUT2D eigenvalue weighted by Crippen LogP contribution is 2.25. The number of alkyl halides is 2. The lowest BCUT2D eigenvalue weighted by atomic mass is 10.3. The largest absolute Gasteiger partial charge is 0.346 e. The standard InChI is InChI=1S/C6H14I2N2O2/c1-4-11-5(2-7-9)6(12-4)3-8-10/h4-6H,2-3,9-10H2,1H3/t5-,6-/m0/s1. The second-order valence-corrected chi connectivity index (χ2v) is 6.06. The van der Waals surface area contributed by atoms with E-state index in [4.69, 9.17) is 17.4 Å². The van der Waals surface area contributed by atoms with Crippen LogP contribution in [0.25, 0.3) is 0 Å². The molecule has 4 nitrogen and oxygen atoms in total. The van der Waals surface area contributed by atoms with E-state index in [1.807, 2.05) is 6.92 Å². The fourth-order valence-electron chi connectivity index (χ4n) is 1.15. The maximum absolute atomic E-state index is 5.56. The van der Waals surface area contributed by atoms with E-state index in [2.05, 4.69) is 0 Å². The highest BCUT2D eigenvalue weighted by atomic mass is 127. The van der Waals surface area contributed by atoms with E-state index in [0.29, 0.717) is 0 Å². The van der Waals surface area contributed by atoms with Gasteiger partial charge in [-0.05, 0) is 6.92 Å². The highest BCUT2D eigenvalue weighted by Gasteiger charge is 2.32.